The van der Waals surface area contributed by atoms with Crippen molar-refractivity contribution in [1.29, 1.82) is 0 Å². The van der Waals surface area contributed by atoms with Gasteiger partial charge in [-0.15, -0.1) is 0 Å². The van der Waals surface area contributed by atoms with Crippen LogP contribution in [0.25, 0.3) is 0 Å². The van der Waals surface area contributed by atoms with E-state index in [2.05, 4.69) is 0 Å². The number of thiazole rings is 1. The molecule has 1 aromatic heterocycles. The molecule has 0 unspecified atom stereocenters. The molecule has 1 heterocycles. The number of nitrogen functional groups attached to an aromatic ring is 1. The number of halogens is 2. The average molecular weight is 553 g/mol. The molecule has 0 amide bonds. The van der Waals surface area contributed by atoms with Crippen molar-refractivity contribution < 1.29 is 45.9 Å². The first-order valence-electron chi connectivity index (χ1n) is 8.01. The number of aromatic nitrogens is 1. The van der Waals surface area contributed by atoms with Gasteiger partial charge in [-0.3, -0.25) is 5.73 Å². The predicted octanol–water partition coefficient (Wildman–Crippen LogP) is 0.430. The van der Waals surface area contributed by atoms with Crippen LogP contribution >= 0.6 is 22.9 Å². The van der Waals surface area contributed by atoms with Crippen LogP contribution in [0.1, 0.15) is 5.56 Å². The molecule has 0 saturated carbocycles. The number of anilines is 1. The molecule has 0 spiro atoms. The van der Waals surface area contributed by atoms with Gasteiger partial charge in [0.25, 0.3) is 0 Å². The van der Waals surface area contributed by atoms with Crippen molar-refractivity contribution in [3.63, 3.8) is 0 Å². The van der Waals surface area contributed by atoms with Crippen LogP contribution in [-0.2, 0) is 16.7 Å². The molecule has 2 N–H and O–H groups in total. The van der Waals surface area contributed by atoms with Crippen LogP contribution in [0, 0.1) is 6.92 Å². The van der Waals surface area contributed by atoms with E-state index in [-0.39, 0.29) is 39.6 Å². The molecule has 0 aliphatic carbocycles. The number of hydrogen-bond donors (Lipinski definition) is 1. The number of nitrogens with two attached hydrogens (primary N) is 1. The lowest BCUT2D eigenvalue weighted by Crippen LogP contribution is -3.00. The van der Waals surface area contributed by atoms with Crippen LogP contribution in [0.15, 0.2) is 58.9 Å². The summed E-state index contributed by atoms with van der Waals surface area (Å²) in [6.07, 6.45) is 1.88. The number of aryl methyl sites for hydroxylation is 1. The topological polar surface area (TPSA) is 82.5 Å². The number of ether oxygens (including phenoxy) is 1. The van der Waals surface area contributed by atoms with Crippen LogP contribution in [0.5, 0.6) is 11.5 Å². The Kier molecular flexibility index (Phi) is 7.93. The number of rotatable bonds is 7. The zero-order chi connectivity index (χ0) is 19.4. The number of benzene rings is 2. The van der Waals surface area contributed by atoms with E-state index >= 15 is 0 Å². The largest absolute Gasteiger partial charge is 1.00 e. The minimum absolute atomic E-state index is 0. The first kappa shape index (κ1) is 22.7. The predicted molar refractivity (Wildman–Crippen MR) is 105 cm³/mol. The number of hydrogen-bond acceptors (Lipinski definition) is 6. The molecular weight excluding hydrogens is 535 g/mol. The van der Waals surface area contributed by atoms with Crippen LogP contribution < -0.4 is 43.2 Å². The molecule has 3 rings (SSSR count). The van der Waals surface area contributed by atoms with Crippen LogP contribution in [0.3, 0.4) is 0 Å². The molecule has 0 aliphatic rings. The lowest BCUT2D eigenvalue weighted by atomic mass is 10.2. The van der Waals surface area contributed by atoms with Crippen LogP contribution in [0.4, 0.5) is 5.13 Å². The zero-order valence-corrected chi connectivity index (χ0v) is 19.4. The fourth-order valence-electron chi connectivity index (χ4n) is 2.43. The minimum Gasteiger partial charge on any atom is -1.00 e. The first-order valence-corrected chi connectivity index (χ1v) is 10.7. The van der Waals surface area contributed by atoms with Gasteiger partial charge >= 0.3 is 15.2 Å². The molecule has 150 valence electrons. The third-order valence-corrected chi connectivity index (χ3v) is 6.13. The normalized spacial score (nSPS) is 10.9. The number of nitrogens with zero attached hydrogens (tertiary/aromatic N) is 1. The first-order chi connectivity index (χ1) is 12.8. The molecule has 6 nitrogen and oxygen atoms in total. The molecule has 0 fully saturated rings. The molecule has 3 aromatic rings. The fourth-order valence-corrected chi connectivity index (χ4v) is 4.47. The summed E-state index contributed by atoms with van der Waals surface area (Å²) in [6.45, 7) is 2.79. The van der Waals surface area contributed by atoms with E-state index in [1.54, 1.807) is 24.3 Å². The Hall–Kier alpha value is -1.56. The Labute approximate surface area is 190 Å². The molecule has 0 radical (unpaired) electrons. The highest BCUT2D eigenvalue weighted by molar-refractivity contribution is 7.87. The van der Waals surface area contributed by atoms with Gasteiger partial charge in [-0.25, -0.2) is 4.57 Å². The van der Waals surface area contributed by atoms with Crippen LogP contribution in [-0.4, -0.2) is 15.0 Å². The Morgan fingerprint density at radius 3 is 2.57 bits per heavy atom. The second-order valence-electron chi connectivity index (χ2n) is 5.73. The Morgan fingerprint density at radius 2 is 1.89 bits per heavy atom. The monoisotopic (exact) mass is 552 g/mol. The maximum Gasteiger partial charge on any atom is 0.340 e. The second-order valence-corrected chi connectivity index (χ2v) is 8.58. The lowest BCUT2D eigenvalue weighted by molar-refractivity contribution is -0.679. The minimum atomic E-state index is -4.05. The van der Waals surface area contributed by atoms with Crippen molar-refractivity contribution in [2.45, 2.75) is 18.4 Å². The van der Waals surface area contributed by atoms with E-state index in [0.29, 0.717) is 24.0 Å². The van der Waals surface area contributed by atoms with Gasteiger partial charge in [0.1, 0.15) is 35.7 Å². The Bertz CT molecular complexity index is 1060. The van der Waals surface area contributed by atoms with Crippen molar-refractivity contribution in [2.75, 3.05) is 12.3 Å². The maximum atomic E-state index is 12.5. The molecule has 0 bridgehead atoms. The van der Waals surface area contributed by atoms with Gasteiger partial charge in [0.2, 0.25) is 0 Å². The average Bonchev–Trinajstić information content (AvgIpc) is 2.99. The van der Waals surface area contributed by atoms with E-state index in [1.807, 2.05) is 23.1 Å². The van der Waals surface area contributed by atoms with Crippen molar-refractivity contribution in [1.82, 2.24) is 0 Å². The third kappa shape index (κ3) is 5.72. The van der Waals surface area contributed by atoms with Crippen molar-refractivity contribution in [3.05, 3.63) is 64.6 Å². The third-order valence-electron chi connectivity index (χ3n) is 3.65. The fraction of sp³-hybridized carbons (Fsp3) is 0.167. The van der Waals surface area contributed by atoms with Crippen LogP contribution in [0.2, 0.25) is 5.02 Å². The Balaban J connectivity index is 0.00000280. The molecule has 10 heteroatoms. The molecule has 0 saturated heterocycles. The van der Waals surface area contributed by atoms with Gasteiger partial charge in [-0.2, -0.15) is 8.42 Å². The zero-order valence-electron chi connectivity index (χ0n) is 14.8. The summed E-state index contributed by atoms with van der Waals surface area (Å²) in [5, 5.41) is 2.69. The van der Waals surface area contributed by atoms with Gasteiger partial charge in [-0.1, -0.05) is 35.1 Å². The highest BCUT2D eigenvalue weighted by Crippen LogP contribution is 2.28. The summed E-state index contributed by atoms with van der Waals surface area (Å²) in [7, 11) is -4.05. The maximum absolute atomic E-state index is 12.5. The highest BCUT2D eigenvalue weighted by atomic mass is 127. The van der Waals surface area contributed by atoms with E-state index < -0.39 is 10.1 Å². The summed E-state index contributed by atoms with van der Waals surface area (Å²) in [6, 6.07) is 11.1. The van der Waals surface area contributed by atoms with Crippen molar-refractivity contribution >= 4 is 38.2 Å². The lowest BCUT2D eigenvalue weighted by Gasteiger charge is -2.11. The second kappa shape index (κ2) is 9.77. The summed E-state index contributed by atoms with van der Waals surface area (Å²) < 4.78 is 37.8. The summed E-state index contributed by atoms with van der Waals surface area (Å²) in [5.74, 6) is 0.668. The molecule has 28 heavy (non-hydrogen) atoms. The molecule has 0 atom stereocenters. The molecule has 2 aromatic carbocycles. The van der Waals surface area contributed by atoms with E-state index in [1.165, 1.54) is 29.5 Å². The molecule has 0 aliphatic heterocycles. The van der Waals surface area contributed by atoms with Gasteiger partial charge in [-0.05, 0) is 36.8 Å². The van der Waals surface area contributed by atoms with Gasteiger partial charge in [0, 0.05) is 11.4 Å². The van der Waals surface area contributed by atoms with Gasteiger partial charge in [0.15, 0.2) is 0 Å². The quantitative estimate of drug-likeness (QED) is 0.261. The standard InChI is InChI=1S/C18H17ClN2O4S2.HI/c1-13-10-14(24-8-6-21-7-9-26-18(21)20)12-15(11-13)25-27(22,23)17-5-3-2-4-16(17)19;/h2-5,7,9-12,20H,6,8H2,1H3;1H. The van der Waals surface area contributed by atoms with E-state index in [9.17, 15) is 8.42 Å². The van der Waals surface area contributed by atoms with E-state index in [4.69, 9.17) is 26.3 Å². The summed E-state index contributed by atoms with van der Waals surface area (Å²) in [4.78, 5) is -0.0834. The Morgan fingerprint density at radius 1 is 1.18 bits per heavy atom. The summed E-state index contributed by atoms with van der Waals surface area (Å²) >= 11 is 7.42. The van der Waals surface area contributed by atoms with Crippen molar-refractivity contribution in [2.24, 2.45) is 0 Å². The van der Waals surface area contributed by atoms with Gasteiger partial charge < -0.3 is 32.9 Å². The van der Waals surface area contributed by atoms with E-state index in [0.717, 1.165) is 5.56 Å². The highest BCUT2D eigenvalue weighted by Gasteiger charge is 2.20. The molecular formula is C18H18ClIN2O4S2. The van der Waals surface area contributed by atoms with Crippen molar-refractivity contribution in [3.8, 4) is 11.5 Å². The smallest absolute Gasteiger partial charge is 0.340 e. The SMILES string of the molecule is Cc1cc(OCC[n+]2ccsc2N)cc(OS(=O)(=O)c2ccccc2Cl)c1.[I-]. The van der Waals surface area contributed by atoms with Gasteiger partial charge in [0.05, 0.1) is 5.02 Å². The summed E-state index contributed by atoms with van der Waals surface area (Å²) in [5.41, 5.74) is 6.64.